The van der Waals surface area contributed by atoms with Crippen LogP contribution in [0.4, 0.5) is 0 Å². The van der Waals surface area contributed by atoms with Crippen molar-refractivity contribution in [2.24, 2.45) is 0 Å². The summed E-state index contributed by atoms with van der Waals surface area (Å²) in [4.78, 5) is 4.16. The van der Waals surface area contributed by atoms with E-state index in [1.54, 1.807) is 24.0 Å². The number of aromatic nitrogens is 1. The lowest BCUT2D eigenvalue weighted by atomic mass is 10.3. The first-order valence-electron chi connectivity index (χ1n) is 3.99. The first-order chi connectivity index (χ1) is 6.38. The molecule has 3 nitrogen and oxygen atoms in total. The summed E-state index contributed by atoms with van der Waals surface area (Å²) in [6.07, 6.45) is 1.60. The molecule has 0 bridgehead atoms. The molecule has 0 saturated carbocycles. The minimum Gasteiger partial charge on any atom is -0.379 e. The van der Waals surface area contributed by atoms with Crippen molar-refractivity contribution in [3.63, 3.8) is 0 Å². The van der Waals surface area contributed by atoms with Crippen LogP contribution in [0.3, 0.4) is 0 Å². The quantitative estimate of drug-likeness (QED) is 0.711. The molecule has 1 aromatic heterocycles. The fourth-order valence-electron chi connectivity index (χ4n) is 0.969. The first-order valence-corrected chi connectivity index (χ1v) is 4.87. The minimum atomic E-state index is 0.542. The third-order valence-corrected chi connectivity index (χ3v) is 2.85. The van der Waals surface area contributed by atoms with E-state index in [2.05, 4.69) is 4.98 Å². The van der Waals surface area contributed by atoms with Crippen LogP contribution in [0.15, 0.2) is 23.4 Å². The summed E-state index contributed by atoms with van der Waals surface area (Å²) in [5.41, 5.74) is 0.606. The smallest absolute Gasteiger partial charge is 0.101 e. The number of nitriles is 1. The van der Waals surface area contributed by atoms with E-state index >= 15 is 0 Å². The van der Waals surface area contributed by atoms with E-state index < -0.39 is 0 Å². The molecule has 1 aliphatic heterocycles. The molecule has 0 radical (unpaired) electrons. The molecule has 1 aromatic rings. The fourth-order valence-corrected chi connectivity index (χ4v) is 1.90. The van der Waals surface area contributed by atoms with Crippen molar-refractivity contribution < 1.29 is 4.74 Å². The van der Waals surface area contributed by atoms with E-state index in [0.717, 1.165) is 18.2 Å². The van der Waals surface area contributed by atoms with Crippen LogP contribution >= 0.6 is 11.8 Å². The summed E-state index contributed by atoms with van der Waals surface area (Å²) in [7, 11) is 0. The Hall–Kier alpha value is -1.05. The van der Waals surface area contributed by atoms with E-state index in [4.69, 9.17) is 10.00 Å². The average molecular weight is 192 g/mol. The van der Waals surface area contributed by atoms with Gasteiger partial charge < -0.3 is 4.74 Å². The van der Waals surface area contributed by atoms with Gasteiger partial charge in [-0.25, -0.2) is 4.98 Å². The number of ether oxygens (including phenoxy) is 1. The Morgan fingerprint density at radius 1 is 1.54 bits per heavy atom. The third-order valence-electron chi connectivity index (χ3n) is 1.76. The molecule has 13 heavy (non-hydrogen) atoms. The zero-order chi connectivity index (χ0) is 9.10. The molecule has 1 saturated heterocycles. The lowest BCUT2D eigenvalue weighted by molar-refractivity contribution is 0.0454. The molecule has 1 aliphatic rings. The standard InChI is InChI=1S/C9H8N2OS/c10-3-7-1-2-9(11-4-7)13-8-5-12-6-8/h1-2,4,8H,5-6H2. The van der Waals surface area contributed by atoms with Crippen molar-refractivity contribution >= 4 is 11.8 Å². The molecule has 4 heteroatoms. The largest absolute Gasteiger partial charge is 0.379 e. The molecule has 0 aromatic carbocycles. The van der Waals surface area contributed by atoms with Gasteiger partial charge in [-0.15, -0.1) is 0 Å². The highest BCUT2D eigenvalue weighted by Gasteiger charge is 2.19. The Balaban J connectivity index is 2.01. The van der Waals surface area contributed by atoms with E-state index in [-0.39, 0.29) is 0 Å². The second-order valence-corrected chi connectivity index (χ2v) is 4.09. The van der Waals surface area contributed by atoms with Crippen molar-refractivity contribution in [2.45, 2.75) is 10.3 Å². The van der Waals surface area contributed by atoms with Crippen molar-refractivity contribution in [1.29, 1.82) is 5.26 Å². The molecule has 0 amide bonds. The minimum absolute atomic E-state index is 0.542. The molecular weight excluding hydrogens is 184 g/mol. The van der Waals surface area contributed by atoms with Crippen LogP contribution in [0, 0.1) is 11.3 Å². The molecule has 0 spiro atoms. The van der Waals surface area contributed by atoms with Gasteiger partial charge in [-0.2, -0.15) is 5.26 Å². The van der Waals surface area contributed by atoms with Gasteiger partial charge >= 0.3 is 0 Å². The van der Waals surface area contributed by atoms with Crippen molar-refractivity contribution in [3.8, 4) is 6.07 Å². The molecular formula is C9H8N2OS. The lowest BCUT2D eigenvalue weighted by Crippen LogP contribution is -2.30. The number of hydrogen-bond donors (Lipinski definition) is 0. The first kappa shape index (κ1) is 8.54. The van der Waals surface area contributed by atoms with Crippen LogP contribution in [0.2, 0.25) is 0 Å². The van der Waals surface area contributed by atoms with Crippen molar-refractivity contribution in [1.82, 2.24) is 4.98 Å². The Kier molecular flexibility index (Phi) is 2.48. The highest BCUT2D eigenvalue weighted by molar-refractivity contribution is 8.00. The zero-order valence-corrected chi connectivity index (χ0v) is 7.75. The predicted molar refractivity (Wildman–Crippen MR) is 49.4 cm³/mol. The van der Waals surface area contributed by atoms with Crippen LogP contribution in [-0.4, -0.2) is 23.4 Å². The Labute approximate surface area is 80.7 Å². The van der Waals surface area contributed by atoms with Crippen molar-refractivity contribution in [3.05, 3.63) is 23.9 Å². The van der Waals surface area contributed by atoms with E-state index in [1.807, 2.05) is 12.1 Å². The van der Waals surface area contributed by atoms with Gasteiger partial charge in [0, 0.05) is 6.20 Å². The van der Waals surface area contributed by atoms with Crippen LogP contribution < -0.4 is 0 Å². The highest BCUT2D eigenvalue weighted by atomic mass is 32.2. The van der Waals surface area contributed by atoms with Crippen LogP contribution in [0.1, 0.15) is 5.56 Å². The topological polar surface area (TPSA) is 45.9 Å². The SMILES string of the molecule is N#Cc1ccc(SC2COC2)nc1. The van der Waals surface area contributed by atoms with Crippen LogP contribution in [0.5, 0.6) is 0 Å². The van der Waals surface area contributed by atoms with Crippen LogP contribution in [0.25, 0.3) is 0 Å². The van der Waals surface area contributed by atoms with Gasteiger partial charge in [0.25, 0.3) is 0 Å². The second-order valence-electron chi connectivity index (χ2n) is 2.77. The number of nitrogens with zero attached hydrogens (tertiary/aromatic N) is 2. The molecule has 0 aliphatic carbocycles. The van der Waals surface area contributed by atoms with E-state index in [0.29, 0.717) is 10.8 Å². The molecule has 66 valence electrons. The monoisotopic (exact) mass is 192 g/mol. The molecule has 0 unspecified atom stereocenters. The molecule has 2 heterocycles. The normalized spacial score (nSPS) is 16.2. The van der Waals surface area contributed by atoms with Crippen molar-refractivity contribution in [2.75, 3.05) is 13.2 Å². The molecule has 0 N–H and O–H groups in total. The summed E-state index contributed by atoms with van der Waals surface area (Å²) in [6, 6.07) is 5.70. The van der Waals surface area contributed by atoms with E-state index in [1.165, 1.54) is 0 Å². The molecule has 2 rings (SSSR count). The van der Waals surface area contributed by atoms with Gasteiger partial charge in [0.05, 0.1) is 29.1 Å². The summed E-state index contributed by atoms with van der Waals surface area (Å²) < 4.78 is 5.05. The lowest BCUT2D eigenvalue weighted by Gasteiger charge is -2.24. The maximum atomic E-state index is 8.55. The van der Waals surface area contributed by atoms with Gasteiger partial charge in [-0.05, 0) is 12.1 Å². The number of thioether (sulfide) groups is 1. The number of pyridine rings is 1. The highest BCUT2D eigenvalue weighted by Crippen LogP contribution is 2.25. The van der Waals surface area contributed by atoms with Gasteiger partial charge in [0.1, 0.15) is 6.07 Å². The fraction of sp³-hybridized carbons (Fsp3) is 0.333. The van der Waals surface area contributed by atoms with Gasteiger partial charge in [-0.1, -0.05) is 11.8 Å². The second kappa shape index (κ2) is 3.77. The van der Waals surface area contributed by atoms with Gasteiger partial charge in [0.15, 0.2) is 0 Å². The van der Waals surface area contributed by atoms with Crippen LogP contribution in [-0.2, 0) is 4.74 Å². The summed E-state index contributed by atoms with van der Waals surface area (Å²) in [6.45, 7) is 1.62. The zero-order valence-electron chi connectivity index (χ0n) is 6.93. The summed E-state index contributed by atoms with van der Waals surface area (Å²) in [5.74, 6) is 0. The van der Waals surface area contributed by atoms with Gasteiger partial charge in [-0.3, -0.25) is 0 Å². The molecule has 0 atom stereocenters. The maximum Gasteiger partial charge on any atom is 0.101 e. The third kappa shape index (κ3) is 2.00. The average Bonchev–Trinajstić information content (AvgIpc) is 2.12. The van der Waals surface area contributed by atoms with E-state index in [9.17, 15) is 0 Å². The number of hydrogen-bond acceptors (Lipinski definition) is 4. The summed E-state index contributed by atoms with van der Waals surface area (Å²) >= 11 is 1.70. The molecule has 1 fully saturated rings. The maximum absolute atomic E-state index is 8.55. The predicted octanol–water partition coefficient (Wildman–Crippen LogP) is 1.44. The Morgan fingerprint density at radius 3 is 2.85 bits per heavy atom. The summed E-state index contributed by atoms with van der Waals surface area (Å²) in [5, 5.41) is 10.1. The Bertz CT molecular complexity index is 326. The van der Waals surface area contributed by atoms with Gasteiger partial charge in [0.2, 0.25) is 0 Å². The number of rotatable bonds is 2. The Morgan fingerprint density at radius 2 is 2.38 bits per heavy atom.